The van der Waals surface area contributed by atoms with Crippen LogP contribution in [-0.4, -0.2) is 17.4 Å². The number of hydrogen-bond donors (Lipinski definition) is 1. The van der Waals surface area contributed by atoms with Gasteiger partial charge in [0.15, 0.2) is 10.8 Å². The van der Waals surface area contributed by atoms with Crippen LogP contribution in [0.25, 0.3) is 10.8 Å². The van der Waals surface area contributed by atoms with Crippen molar-refractivity contribution in [3.8, 4) is 10.8 Å². The molecule has 2 heterocycles. The number of aromatic nitrogens is 1. The number of thiazole rings is 1. The Morgan fingerprint density at radius 2 is 2.47 bits per heavy atom. The predicted molar refractivity (Wildman–Crippen MR) is 66.8 cm³/mol. The molecule has 5 heteroatoms. The average Bonchev–Trinajstić information content (AvgIpc) is 2.95. The number of furan rings is 1. The first kappa shape index (κ1) is 11.9. The number of nitrogens with zero attached hydrogens (tertiary/aromatic N) is 1. The summed E-state index contributed by atoms with van der Waals surface area (Å²) in [7, 11) is 0. The molecule has 1 amide bonds. The van der Waals surface area contributed by atoms with Crippen molar-refractivity contribution in [1.82, 2.24) is 10.3 Å². The van der Waals surface area contributed by atoms with Crippen molar-refractivity contribution in [3.63, 3.8) is 0 Å². The Balaban J connectivity index is 1.97. The number of hydrogen-bond acceptors (Lipinski definition) is 4. The molecule has 0 fully saturated rings. The van der Waals surface area contributed by atoms with Crippen LogP contribution in [0, 0.1) is 0 Å². The largest absolute Gasteiger partial charge is 0.462 e. The third-order valence-corrected chi connectivity index (χ3v) is 3.10. The van der Waals surface area contributed by atoms with Crippen LogP contribution in [0.2, 0.25) is 0 Å². The second-order valence-corrected chi connectivity index (χ2v) is 4.51. The van der Waals surface area contributed by atoms with Gasteiger partial charge in [0, 0.05) is 11.9 Å². The molecular weight excluding hydrogens is 236 g/mol. The topological polar surface area (TPSA) is 55.1 Å². The van der Waals surface area contributed by atoms with Crippen molar-refractivity contribution in [2.75, 3.05) is 6.54 Å². The minimum Gasteiger partial charge on any atom is -0.462 e. The van der Waals surface area contributed by atoms with Crippen LogP contribution in [0.4, 0.5) is 0 Å². The summed E-state index contributed by atoms with van der Waals surface area (Å²) in [6.07, 6.45) is 2.89. The monoisotopic (exact) mass is 250 g/mol. The molecule has 0 spiro atoms. The van der Waals surface area contributed by atoms with Crippen molar-refractivity contribution in [2.45, 2.75) is 19.8 Å². The Morgan fingerprint density at radius 3 is 3.18 bits per heavy atom. The fraction of sp³-hybridized carbons (Fsp3) is 0.333. The molecule has 0 saturated heterocycles. The predicted octanol–water partition coefficient (Wildman–Crippen LogP) is 2.47. The van der Waals surface area contributed by atoms with Crippen LogP contribution >= 0.6 is 11.3 Å². The third-order valence-electron chi connectivity index (χ3n) is 2.20. The van der Waals surface area contributed by atoms with E-state index in [9.17, 15) is 4.79 Å². The van der Waals surface area contributed by atoms with Crippen molar-refractivity contribution in [3.05, 3.63) is 29.5 Å². The van der Waals surface area contributed by atoms with Crippen LogP contribution in [0.15, 0.2) is 28.2 Å². The summed E-state index contributed by atoms with van der Waals surface area (Å²) in [5.41, 5.74) is 0.787. The first-order valence-corrected chi connectivity index (χ1v) is 6.42. The van der Waals surface area contributed by atoms with Gasteiger partial charge >= 0.3 is 0 Å². The maximum absolute atomic E-state index is 11.5. The zero-order chi connectivity index (χ0) is 12.1. The SMILES string of the molecule is CCCNC(=O)Cc1csc(-c2ccco2)n1. The molecule has 0 aliphatic rings. The van der Waals surface area contributed by atoms with Gasteiger partial charge in [0.1, 0.15) is 0 Å². The molecular formula is C12H14N2O2S. The molecule has 0 unspecified atom stereocenters. The van der Waals surface area contributed by atoms with Crippen molar-refractivity contribution < 1.29 is 9.21 Å². The highest BCUT2D eigenvalue weighted by atomic mass is 32.1. The van der Waals surface area contributed by atoms with E-state index in [0.717, 1.165) is 22.9 Å². The smallest absolute Gasteiger partial charge is 0.226 e. The summed E-state index contributed by atoms with van der Waals surface area (Å²) in [6.45, 7) is 2.74. The molecule has 1 N–H and O–H groups in total. The molecule has 0 bridgehead atoms. The van der Waals surface area contributed by atoms with Crippen molar-refractivity contribution in [2.24, 2.45) is 0 Å². The van der Waals surface area contributed by atoms with E-state index in [-0.39, 0.29) is 5.91 Å². The first-order chi connectivity index (χ1) is 8.29. The van der Waals surface area contributed by atoms with Gasteiger partial charge in [-0.25, -0.2) is 4.98 Å². The summed E-state index contributed by atoms with van der Waals surface area (Å²) in [5.74, 6) is 0.762. The normalized spacial score (nSPS) is 10.4. The molecule has 0 atom stereocenters. The number of carbonyl (C=O) groups is 1. The minimum atomic E-state index is 0.0168. The van der Waals surface area contributed by atoms with Gasteiger partial charge in [0.05, 0.1) is 18.4 Å². The number of carbonyl (C=O) groups excluding carboxylic acids is 1. The maximum Gasteiger partial charge on any atom is 0.226 e. The van der Waals surface area contributed by atoms with E-state index in [0.29, 0.717) is 13.0 Å². The summed E-state index contributed by atoms with van der Waals surface area (Å²) in [4.78, 5) is 15.9. The third kappa shape index (κ3) is 3.17. The molecule has 90 valence electrons. The fourth-order valence-corrected chi connectivity index (χ4v) is 2.18. The van der Waals surface area contributed by atoms with E-state index in [1.165, 1.54) is 11.3 Å². The van der Waals surface area contributed by atoms with Gasteiger partial charge in [-0.1, -0.05) is 6.92 Å². The number of rotatable bonds is 5. The highest BCUT2D eigenvalue weighted by Gasteiger charge is 2.09. The van der Waals surface area contributed by atoms with Gasteiger partial charge in [-0.15, -0.1) is 11.3 Å². The molecule has 0 saturated carbocycles. The molecule has 0 aliphatic carbocycles. The summed E-state index contributed by atoms with van der Waals surface area (Å²) < 4.78 is 5.25. The molecule has 17 heavy (non-hydrogen) atoms. The lowest BCUT2D eigenvalue weighted by molar-refractivity contribution is -0.120. The first-order valence-electron chi connectivity index (χ1n) is 5.54. The zero-order valence-corrected chi connectivity index (χ0v) is 10.4. The molecule has 2 rings (SSSR count). The van der Waals surface area contributed by atoms with E-state index in [2.05, 4.69) is 10.3 Å². The van der Waals surface area contributed by atoms with E-state index in [1.54, 1.807) is 6.26 Å². The fourth-order valence-electron chi connectivity index (χ4n) is 1.39. The summed E-state index contributed by atoms with van der Waals surface area (Å²) in [6, 6.07) is 3.68. The highest BCUT2D eigenvalue weighted by Crippen LogP contribution is 2.23. The number of amides is 1. The van der Waals surface area contributed by atoms with Crippen LogP contribution in [-0.2, 0) is 11.2 Å². The Morgan fingerprint density at radius 1 is 1.59 bits per heavy atom. The maximum atomic E-state index is 11.5. The second-order valence-electron chi connectivity index (χ2n) is 3.65. The van der Waals surface area contributed by atoms with Gasteiger partial charge < -0.3 is 9.73 Å². The van der Waals surface area contributed by atoms with Gasteiger partial charge in [-0.2, -0.15) is 0 Å². The Kier molecular flexibility index (Phi) is 3.93. The average molecular weight is 250 g/mol. The lowest BCUT2D eigenvalue weighted by Gasteiger charge is -2.00. The van der Waals surface area contributed by atoms with Crippen LogP contribution in [0.1, 0.15) is 19.0 Å². The van der Waals surface area contributed by atoms with E-state index in [1.807, 2.05) is 24.4 Å². The summed E-state index contributed by atoms with van der Waals surface area (Å²) in [5, 5.41) is 5.53. The van der Waals surface area contributed by atoms with Crippen LogP contribution in [0.3, 0.4) is 0 Å². The molecule has 0 aromatic carbocycles. The zero-order valence-electron chi connectivity index (χ0n) is 9.60. The molecule has 2 aromatic rings. The summed E-state index contributed by atoms with van der Waals surface area (Å²) >= 11 is 1.49. The van der Waals surface area contributed by atoms with Crippen molar-refractivity contribution >= 4 is 17.2 Å². The minimum absolute atomic E-state index is 0.0168. The van der Waals surface area contributed by atoms with E-state index in [4.69, 9.17) is 4.42 Å². The molecule has 2 aromatic heterocycles. The van der Waals surface area contributed by atoms with Gasteiger partial charge in [0.25, 0.3) is 0 Å². The van der Waals surface area contributed by atoms with E-state index < -0.39 is 0 Å². The second kappa shape index (κ2) is 5.63. The lowest BCUT2D eigenvalue weighted by Crippen LogP contribution is -2.25. The lowest BCUT2D eigenvalue weighted by atomic mass is 10.3. The van der Waals surface area contributed by atoms with Crippen LogP contribution in [0.5, 0.6) is 0 Å². The van der Waals surface area contributed by atoms with Gasteiger partial charge in [-0.05, 0) is 18.6 Å². The highest BCUT2D eigenvalue weighted by molar-refractivity contribution is 7.13. The molecule has 0 aliphatic heterocycles. The molecule has 0 radical (unpaired) electrons. The Labute approximate surface area is 104 Å². The van der Waals surface area contributed by atoms with Gasteiger partial charge in [0.2, 0.25) is 5.91 Å². The quantitative estimate of drug-likeness (QED) is 0.887. The molecule has 4 nitrogen and oxygen atoms in total. The van der Waals surface area contributed by atoms with Gasteiger partial charge in [-0.3, -0.25) is 4.79 Å². The Hall–Kier alpha value is -1.62. The van der Waals surface area contributed by atoms with E-state index >= 15 is 0 Å². The Bertz CT molecular complexity index is 476. The number of nitrogens with one attached hydrogen (secondary N) is 1. The van der Waals surface area contributed by atoms with Crippen molar-refractivity contribution in [1.29, 1.82) is 0 Å². The standard InChI is InChI=1S/C12H14N2O2S/c1-2-5-13-11(15)7-9-8-17-12(14-9)10-4-3-6-16-10/h3-4,6,8H,2,5,7H2,1H3,(H,13,15). The van der Waals surface area contributed by atoms with Crippen LogP contribution < -0.4 is 5.32 Å².